The van der Waals surface area contributed by atoms with Gasteiger partial charge in [-0.2, -0.15) is 0 Å². The van der Waals surface area contributed by atoms with Gasteiger partial charge in [-0.3, -0.25) is 19.7 Å². The molecule has 1 aliphatic heterocycles. The van der Waals surface area contributed by atoms with E-state index in [0.29, 0.717) is 5.56 Å². The summed E-state index contributed by atoms with van der Waals surface area (Å²) in [6, 6.07) is 24.6. The maximum atomic E-state index is 13.1. The SMILES string of the molecule is CCOC(=O)[C@H]1[C@@H](c2cccc([N+](=O)[O-])c2)N(c2ccccc2)O[C@H]1c1ccccc1. The number of esters is 1. The fraction of sp³-hybridized carbons (Fsp3) is 0.208. The number of nitro benzene ring substituents is 1. The fourth-order valence-electron chi connectivity index (χ4n) is 3.93. The molecule has 7 heteroatoms. The Bertz CT molecular complexity index is 1060. The first-order valence-electron chi connectivity index (χ1n) is 10.1. The Morgan fingerprint density at radius 1 is 1.00 bits per heavy atom. The van der Waals surface area contributed by atoms with Crippen molar-refractivity contribution < 1.29 is 19.3 Å². The van der Waals surface area contributed by atoms with Crippen LogP contribution in [0.25, 0.3) is 0 Å². The normalized spacial score (nSPS) is 20.4. The van der Waals surface area contributed by atoms with Crippen LogP contribution in [0, 0.1) is 16.0 Å². The van der Waals surface area contributed by atoms with Crippen molar-refractivity contribution in [1.29, 1.82) is 0 Å². The van der Waals surface area contributed by atoms with Gasteiger partial charge in [0.2, 0.25) is 0 Å². The number of hydroxylamine groups is 1. The van der Waals surface area contributed by atoms with Crippen LogP contribution in [-0.2, 0) is 14.4 Å². The molecule has 3 atom stereocenters. The van der Waals surface area contributed by atoms with E-state index in [2.05, 4.69) is 0 Å². The van der Waals surface area contributed by atoms with Crippen LogP contribution in [0.4, 0.5) is 11.4 Å². The number of benzene rings is 3. The average molecular weight is 418 g/mol. The highest BCUT2D eigenvalue weighted by Crippen LogP contribution is 2.49. The van der Waals surface area contributed by atoms with Crippen LogP contribution in [0.3, 0.4) is 0 Å². The molecule has 0 N–H and O–H groups in total. The summed E-state index contributed by atoms with van der Waals surface area (Å²) in [6.07, 6.45) is -0.607. The topological polar surface area (TPSA) is 81.9 Å². The molecule has 4 rings (SSSR count). The molecule has 1 aliphatic rings. The third-order valence-electron chi connectivity index (χ3n) is 5.27. The number of hydrogen-bond acceptors (Lipinski definition) is 6. The number of nitrogens with zero attached hydrogens (tertiary/aromatic N) is 2. The highest BCUT2D eigenvalue weighted by molar-refractivity contribution is 5.76. The molecule has 0 radical (unpaired) electrons. The summed E-state index contributed by atoms with van der Waals surface area (Å²) in [5.74, 6) is -1.13. The Hall–Kier alpha value is -3.71. The predicted octanol–water partition coefficient (Wildman–Crippen LogP) is 5.01. The zero-order valence-corrected chi connectivity index (χ0v) is 17.0. The number of non-ortho nitro benzene ring substituents is 1. The van der Waals surface area contributed by atoms with Gasteiger partial charge in [-0.1, -0.05) is 60.7 Å². The van der Waals surface area contributed by atoms with E-state index < -0.39 is 29.0 Å². The molecule has 3 aromatic rings. The van der Waals surface area contributed by atoms with Gasteiger partial charge in [-0.15, -0.1) is 0 Å². The van der Waals surface area contributed by atoms with Crippen molar-refractivity contribution in [3.05, 3.63) is 106 Å². The molecule has 0 aromatic heterocycles. The second-order valence-electron chi connectivity index (χ2n) is 7.17. The standard InChI is InChI=1S/C24H22N2O5/c1-2-30-24(27)21-22(18-12-9-15-20(16-18)26(28)29)25(19-13-7-4-8-14-19)31-23(21)17-10-5-3-6-11-17/h3-16,21-23H,2H2,1H3/t21-,22+,23-/m0/s1. The van der Waals surface area contributed by atoms with Gasteiger partial charge in [0.15, 0.2) is 0 Å². The molecule has 0 aliphatic carbocycles. The van der Waals surface area contributed by atoms with Gasteiger partial charge in [0.05, 0.1) is 23.3 Å². The molecule has 158 valence electrons. The third kappa shape index (κ3) is 4.13. The smallest absolute Gasteiger partial charge is 0.314 e. The lowest BCUT2D eigenvalue weighted by atomic mass is 9.86. The van der Waals surface area contributed by atoms with Crippen LogP contribution in [0.1, 0.15) is 30.2 Å². The molecule has 0 amide bonds. The number of carbonyl (C=O) groups is 1. The molecule has 0 unspecified atom stereocenters. The summed E-state index contributed by atoms with van der Waals surface area (Å²) in [5.41, 5.74) is 2.13. The van der Waals surface area contributed by atoms with Crippen LogP contribution in [0.15, 0.2) is 84.9 Å². The minimum absolute atomic E-state index is 0.0451. The Labute approximate surface area is 179 Å². The van der Waals surface area contributed by atoms with Crippen molar-refractivity contribution in [3.63, 3.8) is 0 Å². The van der Waals surface area contributed by atoms with Crippen LogP contribution in [0.5, 0.6) is 0 Å². The first kappa shape index (κ1) is 20.6. The van der Waals surface area contributed by atoms with E-state index in [1.807, 2.05) is 60.7 Å². The summed E-state index contributed by atoms with van der Waals surface area (Å²) in [7, 11) is 0. The molecule has 0 spiro atoms. The van der Waals surface area contributed by atoms with Crippen molar-refractivity contribution in [2.45, 2.75) is 19.1 Å². The Kier molecular flexibility index (Phi) is 5.95. The first-order chi connectivity index (χ1) is 15.1. The van der Waals surface area contributed by atoms with Crippen molar-refractivity contribution >= 4 is 17.3 Å². The van der Waals surface area contributed by atoms with Gasteiger partial charge < -0.3 is 4.74 Å². The van der Waals surface area contributed by atoms with E-state index in [1.54, 1.807) is 24.1 Å². The van der Waals surface area contributed by atoms with E-state index in [9.17, 15) is 14.9 Å². The van der Waals surface area contributed by atoms with Crippen LogP contribution >= 0.6 is 0 Å². The number of ether oxygens (including phenoxy) is 1. The second kappa shape index (κ2) is 8.97. The van der Waals surface area contributed by atoms with Gasteiger partial charge in [0, 0.05) is 12.1 Å². The lowest BCUT2D eigenvalue weighted by molar-refractivity contribution is -0.384. The van der Waals surface area contributed by atoms with Gasteiger partial charge in [-0.05, 0) is 30.2 Å². The third-order valence-corrected chi connectivity index (χ3v) is 5.27. The zero-order chi connectivity index (χ0) is 21.8. The molecular formula is C24H22N2O5. The van der Waals surface area contributed by atoms with Crippen molar-refractivity contribution in [3.8, 4) is 0 Å². The number of nitro groups is 1. The van der Waals surface area contributed by atoms with E-state index in [-0.39, 0.29) is 12.3 Å². The van der Waals surface area contributed by atoms with E-state index in [4.69, 9.17) is 9.57 Å². The van der Waals surface area contributed by atoms with Gasteiger partial charge in [-0.25, -0.2) is 5.06 Å². The highest BCUT2D eigenvalue weighted by Gasteiger charge is 2.50. The fourth-order valence-corrected chi connectivity index (χ4v) is 3.93. The molecular weight excluding hydrogens is 396 g/mol. The Morgan fingerprint density at radius 2 is 1.65 bits per heavy atom. The highest BCUT2D eigenvalue weighted by atomic mass is 16.7. The molecule has 1 heterocycles. The first-order valence-corrected chi connectivity index (χ1v) is 10.1. The number of anilines is 1. The summed E-state index contributed by atoms with van der Waals surface area (Å²) in [6.45, 7) is 1.98. The van der Waals surface area contributed by atoms with E-state index >= 15 is 0 Å². The van der Waals surface area contributed by atoms with Gasteiger partial charge >= 0.3 is 5.97 Å². The molecule has 1 fully saturated rings. The molecule has 0 bridgehead atoms. The Balaban J connectivity index is 1.87. The maximum Gasteiger partial charge on any atom is 0.314 e. The maximum absolute atomic E-state index is 13.1. The monoisotopic (exact) mass is 418 g/mol. The largest absolute Gasteiger partial charge is 0.466 e. The van der Waals surface area contributed by atoms with Crippen molar-refractivity contribution in [2.24, 2.45) is 5.92 Å². The second-order valence-corrected chi connectivity index (χ2v) is 7.17. The number of carbonyl (C=O) groups excluding carboxylic acids is 1. The van der Waals surface area contributed by atoms with E-state index in [1.165, 1.54) is 12.1 Å². The quantitative estimate of drug-likeness (QED) is 0.318. The van der Waals surface area contributed by atoms with Crippen LogP contribution in [0.2, 0.25) is 0 Å². The molecule has 0 saturated carbocycles. The Morgan fingerprint density at radius 3 is 2.29 bits per heavy atom. The van der Waals surface area contributed by atoms with Crippen molar-refractivity contribution in [1.82, 2.24) is 0 Å². The zero-order valence-electron chi connectivity index (χ0n) is 17.0. The van der Waals surface area contributed by atoms with Crippen LogP contribution < -0.4 is 5.06 Å². The molecule has 1 saturated heterocycles. The summed E-state index contributed by atoms with van der Waals surface area (Å²) >= 11 is 0. The van der Waals surface area contributed by atoms with Crippen molar-refractivity contribution in [2.75, 3.05) is 11.7 Å². The number of hydrogen-bond donors (Lipinski definition) is 0. The number of para-hydroxylation sites is 1. The summed E-state index contributed by atoms with van der Waals surface area (Å²) < 4.78 is 5.41. The average Bonchev–Trinajstić information content (AvgIpc) is 3.21. The minimum atomic E-state index is -0.718. The van der Waals surface area contributed by atoms with Gasteiger partial charge in [0.25, 0.3) is 5.69 Å². The summed E-state index contributed by atoms with van der Waals surface area (Å²) in [4.78, 5) is 30.4. The van der Waals surface area contributed by atoms with E-state index in [0.717, 1.165) is 11.3 Å². The summed E-state index contributed by atoms with van der Waals surface area (Å²) in [5, 5.41) is 13.1. The predicted molar refractivity (Wildman–Crippen MR) is 115 cm³/mol. The lowest BCUT2D eigenvalue weighted by Crippen LogP contribution is -2.30. The lowest BCUT2D eigenvalue weighted by Gasteiger charge is -2.26. The molecule has 3 aromatic carbocycles. The molecule has 31 heavy (non-hydrogen) atoms. The number of rotatable bonds is 6. The molecule has 7 nitrogen and oxygen atoms in total. The van der Waals surface area contributed by atoms with Crippen LogP contribution in [-0.4, -0.2) is 17.5 Å². The van der Waals surface area contributed by atoms with Gasteiger partial charge in [0.1, 0.15) is 12.0 Å². The minimum Gasteiger partial charge on any atom is -0.466 e.